The van der Waals surface area contributed by atoms with E-state index in [0.29, 0.717) is 12.3 Å². The van der Waals surface area contributed by atoms with E-state index in [0.717, 1.165) is 38.0 Å². The van der Waals surface area contributed by atoms with Gasteiger partial charge in [-0.05, 0) is 37.9 Å². The van der Waals surface area contributed by atoms with Gasteiger partial charge in [-0.1, -0.05) is 30.3 Å². The molecule has 1 heterocycles. The molecule has 1 fully saturated rings. The molecule has 2 amide bonds. The van der Waals surface area contributed by atoms with Crippen LogP contribution in [0.4, 0.5) is 0 Å². The molecule has 2 rings (SSSR count). The lowest BCUT2D eigenvalue weighted by molar-refractivity contribution is -0.133. The Hall–Kier alpha value is -1.59. The summed E-state index contributed by atoms with van der Waals surface area (Å²) in [7, 11) is 1.97. The van der Waals surface area contributed by atoms with Crippen LogP contribution in [0.3, 0.4) is 0 Å². The lowest BCUT2D eigenvalue weighted by Crippen LogP contribution is -2.42. The number of likely N-dealkylation sites (tertiary alicyclic amines) is 1. The molecule has 134 valence electrons. The Morgan fingerprint density at radius 2 is 1.83 bits per heavy atom. The van der Waals surface area contributed by atoms with Gasteiger partial charge in [0.05, 0.1) is 12.5 Å². The maximum absolute atomic E-state index is 12.6. The molecule has 2 N–H and O–H groups in total. The van der Waals surface area contributed by atoms with Crippen LogP contribution in [0.2, 0.25) is 0 Å². The first-order valence-electron chi connectivity index (χ1n) is 8.34. The summed E-state index contributed by atoms with van der Waals surface area (Å²) in [5.74, 6) is 0.666. The second-order valence-electron chi connectivity index (χ2n) is 6.25. The number of carbonyl (C=O) groups is 2. The number of halogens is 1. The van der Waals surface area contributed by atoms with Crippen LogP contribution in [0.15, 0.2) is 30.3 Å². The van der Waals surface area contributed by atoms with E-state index in [2.05, 4.69) is 10.6 Å². The van der Waals surface area contributed by atoms with Crippen molar-refractivity contribution in [1.29, 1.82) is 0 Å². The molecule has 1 aliphatic heterocycles. The van der Waals surface area contributed by atoms with Gasteiger partial charge < -0.3 is 15.5 Å². The number of nitrogens with one attached hydrogen (secondary N) is 2. The van der Waals surface area contributed by atoms with E-state index >= 15 is 0 Å². The number of rotatable bonds is 6. The third-order valence-corrected chi connectivity index (χ3v) is 4.42. The lowest BCUT2D eigenvalue weighted by atomic mass is 9.96. The smallest absolute Gasteiger partial charge is 0.224 e. The zero-order valence-corrected chi connectivity index (χ0v) is 15.3. The molecule has 0 aliphatic carbocycles. The van der Waals surface area contributed by atoms with Crippen molar-refractivity contribution in [3.63, 3.8) is 0 Å². The van der Waals surface area contributed by atoms with Gasteiger partial charge in [-0.3, -0.25) is 9.59 Å². The highest BCUT2D eigenvalue weighted by atomic mass is 35.5. The maximum atomic E-state index is 12.6. The molecule has 0 spiro atoms. The zero-order chi connectivity index (χ0) is 16.7. The van der Waals surface area contributed by atoms with Crippen LogP contribution in [0.5, 0.6) is 0 Å². The summed E-state index contributed by atoms with van der Waals surface area (Å²) in [6, 6.07) is 9.44. The first-order valence-corrected chi connectivity index (χ1v) is 8.34. The van der Waals surface area contributed by atoms with E-state index < -0.39 is 0 Å². The Morgan fingerprint density at radius 1 is 1.21 bits per heavy atom. The van der Waals surface area contributed by atoms with Gasteiger partial charge in [0.25, 0.3) is 0 Å². The average Bonchev–Trinajstić information content (AvgIpc) is 2.55. The zero-order valence-electron chi connectivity index (χ0n) is 14.5. The summed E-state index contributed by atoms with van der Waals surface area (Å²) in [6.07, 6.45) is 2.41. The quantitative estimate of drug-likeness (QED) is 0.823. The van der Waals surface area contributed by atoms with Crippen molar-refractivity contribution in [2.45, 2.75) is 32.2 Å². The van der Waals surface area contributed by atoms with Gasteiger partial charge in [-0.25, -0.2) is 0 Å². The van der Waals surface area contributed by atoms with Crippen LogP contribution in [0.1, 0.15) is 37.8 Å². The number of benzene rings is 1. The van der Waals surface area contributed by atoms with Crippen LogP contribution in [0, 0.1) is 5.92 Å². The molecule has 1 atom stereocenters. The Balaban J connectivity index is 0.00000288. The standard InChI is InChI=1S/C18H27N3O2.ClH/c1-14(22)20-17(16-6-4-3-5-7-16)12-18(23)21-10-8-15(9-11-21)13-19-2;/h3-7,15,17,19H,8-13H2,1-2H3,(H,20,22);1H. The van der Waals surface area contributed by atoms with E-state index in [4.69, 9.17) is 0 Å². The van der Waals surface area contributed by atoms with Crippen molar-refractivity contribution in [3.8, 4) is 0 Å². The molecule has 1 saturated heterocycles. The molecule has 0 radical (unpaired) electrons. The molecular weight excluding hydrogens is 326 g/mol. The fourth-order valence-electron chi connectivity index (χ4n) is 3.16. The average molecular weight is 354 g/mol. The first-order chi connectivity index (χ1) is 11.1. The van der Waals surface area contributed by atoms with Crippen LogP contribution >= 0.6 is 12.4 Å². The molecule has 6 heteroatoms. The normalized spacial score (nSPS) is 16.2. The fraction of sp³-hybridized carbons (Fsp3) is 0.556. The topological polar surface area (TPSA) is 61.4 Å². The van der Waals surface area contributed by atoms with Gasteiger partial charge in [-0.2, -0.15) is 0 Å². The lowest BCUT2D eigenvalue weighted by Gasteiger charge is -2.33. The monoisotopic (exact) mass is 353 g/mol. The van der Waals surface area contributed by atoms with Gasteiger partial charge in [0.15, 0.2) is 0 Å². The molecule has 1 aromatic carbocycles. The number of nitrogens with zero attached hydrogens (tertiary/aromatic N) is 1. The number of hydrogen-bond donors (Lipinski definition) is 2. The highest BCUT2D eigenvalue weighted by Gasteiger charge is 2.25. The molecule has 0 bridgehead atoms. The second kappa shape index (κ2) is 10.3. The Kier molecular flexibility index (Phi) is 8.79. The summed E-state index contributed by atoms with van der Waals surface area (Å²) < 4.78 is 0. The Labute approximate surface area is 150 Å². The number of piperidine rings is 1. The van der Waals surface area contributed by atoms with Crippen molar-refractivity contribution in [2.24, 2.45) is 5.92 Å². The van der Waals surface area contributed by atoms with Gasteiger partial charge in [0.2, 0.25) is 11.8 Å². The minimum atomic E-state index is -0.253. The summed E-state index contributed by atoms with van der Waals surface area (Å²) in [4.78, 5) is 26.0. The van der Waals surface area contributed by atoms with Crippen molar-refractivity contribution >= 4 is 24.2 Å². The number of carbonyl (C=O) groups excluding carboxylic acids is 2. The summed E-state index contributed by atoms with van der Waals surface area (Å²) in [5, 5.41) is 6.10. The van der Waals surface area contributed by atoms with Crippen LogP contribution in [-0.4, -0.2) is 43.4 Å². The van der Waals surface area contributed by atoms with Crippen molar-refractivity contribution in [3.05, 3.63) is 35.9 Å². The van der Waals surface area contributed by atoms with Crippen molar-refractivity contribution in [1.82, 2.24) is 15.5 Å². The first kappa shape index (κ1) is 20.5. The van der Waals surface area contributed by atoms with Gasteiger partial charge in [0.1, 0.15) is 0 Å². The molecule has 1 unspecified atom stereocenters. The van der Waals surface area contributed by atoms with E-state index in [1.54, 1.807) is 0 Å². The summed E-state index contributed by atoms with van der Waals surface area (Å²) in [5.41, 5.74) is 0.973. The highest BCUT2D eigenvalue weighted by molar-refractivity contribution is 5.85. The second-order valence-corrected chi connectivity index (χ2v) is 6.25. The van der Waals surface area contributed by atoms with Crippen LogP contribution < -0.4 is 10.6 Å². The minimum absolute atomic E-state index is 0. The maximum Gasteiger partial charge on any atom is 0.224 e. The predicted molar refractivity (Wildman–Crippen MR) is 98.1 cm³/mol. The van der Waals surface area contributed by atoms with Gasteiger partial charge in [-0.15, -0.1) is 12.4 Å². The Morgan fingerprint density at radius 3 is 2.38 bits per heavy atom. The molecule has 1 aliphatic rings. The summed E-state index contributed by atoms with van der Waals surface area (Å²) in [6.45, 7) is 4.13. The molecule has 0 saturated carbocycles. The number of amides is 2. The third kappa shape index (κ3) is 6.13. The molecular formula is C18H28ClN3O2. The Bertz CT molecular complexity index is 516. The van der Waals surface area contributed by atoms with Crippen LogP contribution in [-0.2, 0) is 9.59 Å². The molecule has 24 heavy (non-hydrogen) atoms. The van der Waals surface area contributed by atoms with Gasteiger partial charge in [0, 0.05) is 20.0 Å². The predicted octanol–water partition coefficient (Wildman–Crippen LogP) is 2.13. The third-order valence-electron chi connectivity index (χ3n) is 4.42. The van der Waals surface area contributed by atoms with E-state index in [-0.39, 0.29) is 30.3 Å². The van der Waals surface area contributed by atoms with E-state index in [9.17, 15) is 9.59 Å². The number of hydrogen-bond acceptors (Lipinski definition) is 3. The van der Waals surface area contributed by atoms with Gasteiger partial charge >= 0.3 is 0 Å². The highest BCUT2D eigenvalue weighted by Crippen LogP contribution is 2.21. The van der Waals surface area contributed by atoms with Crippen molar-refractivity contribution in [2.75, 3.05) is 26.7 Å². The fourth-order valence-corrected chi connectivity index (χ4v) is 3.16. The molecule has 1 aromatic rings. The van der Waals surface area contributed by atoms with E-state index in [1.807, 2.05) is 42.3 Å². The molecule has 5 nitrogen and oxygen atoms in total. The minimum Gasteiger partial charge on any atom is -0.349 e. The van der Waals surface area contributed by atoms with E-state index in [1.165, 1.54) is 6.92 Å². The largest absolute Gasteiger partial charge is 0.349 e. The SMILES string of the molecule is CNCC1CCN(C(=O)CC(NC(C)=O)c2ccccc2)CC1.Cl. The van der Waals surface area contributed by atoms with Crippen molar-refractivity contribution < 1.29 is 9.59 Å². The summed E-state index contributed by atoms with van der Waals surface area (Å²) >= 11 is 0. The molecule has 0 aromatic heterocycles. The van der Waals surface area contributed by atoms with Crippen LogP contribution in [0.25, 0.3) is 0 Å².